The number of methoxy groups -OCH3 is 1. The summed E-state index contributed by atoms with van der Waals surface area (Å²) >= 11 is 0. The molecule has 8 nitrogen and oxygen atoms in total. The summed E-state index contributed by atoms with van der Waals surface area (Å²) in [7, 11) is 1.32. The van der Waals surface area contributed by atoms with Crippen LogP contribution >= 0.6 is 0 Å². The monoisotopic (exact) mass is 393 g/mol. The van der Waals surface area contributed by atoms with Gasteiger partial charge in [-0.3, -0.25) is 4.79 Å². The molecule has 1 fully saturated rings. The number of aromatic nitrogens is 2. The lowest BCUT2D eigenvalue weighted by Crippen LogP contribution is -2.41. The maximum absolute atomic E-state index is 13.1. The molecule has 0 radical (unpaired) electrons. The SMILES string of the molecule is COC(=O)c1cnc(N2CCC(C(=O)N3N=CC[C@H]3c3ccccc3)CC2)nc1. The van der Waals surface area contributed by atoms with Gasteiger partial charge in [0, 0.05) is 44.0 Å². The molecule has 0 bridgehead atoms. The van der Waals surface area contributed by atoms with Crippen LogP contribution in [0.3, 0.4) is 0 Å². The number of nitrogens with zero attached hydrogens (tertiary/aromatic N) is 5. The van der Waals surface area contributed by atoms with Crippen LogP contribution in [0.15, 0.2) is 47.8 Å². The number of anilines is 1. The number of carbonyl (C=O) groups is 2. The predicted molar refractivity (Wildman–Crippen MR) is 107 cm³/mol. The molecule has 1 aromatic carbocycles. The number of rotatable bonds is 4. The maximum Gasteiger partial charge on any atom is 0.341 e. The Kier molecular flexibility index (Phi) is 5.50. The summed E-state index contributed by atoms with van der Waals surface area (Å²) in [6, 6.07) is 10.0. The minimum atomic E-state index is -0.458. The number of hydrazone groups is 1. The van der Waals surface area contributed by atoms with Gasteiger partial charge in [-0.2, -0.15) is 5.10 Å². The first kappa shape index (κ1) is 19.0. The highest BCUT2D eigenvalue weighted by atomic mass is 16.5. The zero-order chi connectivity index (χ0) is 20.2. The van der Waals surface area contributed by atoms with E-state index in [1.807, 2.05) is 41.4 Å². The summed E-state index contributed by atoms with van der Waals surface area (Å²) in [5.41, 5.74) is 1.43. The molecule has 1 saturated heterocycles. The van der Waals surface area contributed by atoms with Crippen LogP contribution in [0, 0.1) is 5.92 Å². The van der Waals surface area contributed by atoms with E-state index in [9.17, 15) is 9.59 Å². The number of hydrogen-bond donors (Lipinski definition) is 0. The lowest BCUT2D eigenvalue weighted by molar-refractivity contribution is -0.138. The molecular weight excluding hydrogens is 370 g/mol. The predicted octanol–water partition coefficient (Wildman–Crippen LogP) is 2.44. The number of ether oxygens (including phenoxy) is 1. The summed E-state index contributed by atoms with van der Waals surface area (Å²) in [5, 5.41) is 6.01. The standard InChI is InChI=1S/C21H23N5O3/c1-29-20(28)17-13-22-21(23-14-17)25-11-8-16(9-12-25)19(27)26-18(7-10-24-26)15-5-3-2-4-6-15/h2-6,10,13-14,16,18H,7-9,11-12H2,1H3/t18-/m0/s1. The summed E-state index contributed by atoms with van der Waals surface area (Å²) in [4.78, 5) is 35.2. The van der Waals surface area contributed by atoms with Gasteiger partial charge in [-0.05, 0) is 18.4 Å². The summed E-state index contributed by atoms with van der Waals surface area (Å²) in [5.74, 6) is 0.112. The third-order valence-electron chi connectivity index (χ3n) is 5.43. The molecule has 29 heavy (non-hydrogen) atoms. The molecule has 2 aliphatic heterocycles. The minimum Gasteiger partial charge on any atom is -0.465 e. The quantitative estimate of drug-likeness (QED) is 0.742. The number of carbonyl (C=O) groups excluding carboxylic acids is 2. The third kappa shape index (κ3) is 3.96. The van der Waals surface area contributed by atoms with Crippen molar-refractivity contribution in [3.63, 3.8) is 0 Å². The number of esters is 1. The second-order valence-electron chi connectivity index (χ2n) is 7.17. The Morgan fingerprint density at radius 3 is 2.41 bits per heavy atom. The van der Waals surface area contributed by atoms with E-state index in [0.29, 0.717) is 37.4 Å². The van der Waals surface area contributed by atoms with Gasteiger partial charge in [0.2, 0.25) is 11.9 Å². The lowest BCUT2D eigenvalue weighted by atomic mass is 9.94. The minimum absolute atomic E-state index is 0.0177. The fourth-order valence-corrected chi connectivity index (χ4v) is 3.80. The van der Waals surface area contributed by atoms with Crippen molar-refractivity contribution >= 4 is 24.0 Å². The van der Waals surface area contributed by atoms with Gasteiger partial charge >= 0.3 is 5.97 Å². The largest absolute Gasteiger partial charge is 0.465 e. The van der Waals surface area contributed by atoms with E-state index in [-0.39, 0.29) is 17.9 Å². The smallest absolute Gasteiger partial charge is 0.341 e. The highest BCUT2D eigenvalue weighted by Gasteiger charge is 2.35. The van der Waals surface area contributed by atoms with E-state index in [2.05, 4.69) is 19.8 Å². The van der Waals surface area contributed by atoms with E-state index in [0.717, 1.165) is 12.0 Å². The molecule has 2 aliphatic rings. The van der Waals surface area contributed by atoms with Gasteiger partial charge in [-0.1, -0.05) is 30.3 Å². The van der Waals surface area contributed by atoms with Crippen molar-refractivity contribution in [2.24, 2.45) is 11.0 Å². The molecule has 0 saturated carbocycles. The fourth-order valence-electron chi connectivity index (χ4n) is 3.80. The molecule has 1 atom stereocenters. The second kappa shape index (κ2) is 8.38. The van der Waals surface area contributed by atoms with E-state index < -0.39 is 5.97 Å². The van der Waals surface area contributed by atoms with Crippen LogP contribution in [0.2, 0.25) is 0 Å². The number of piperidine rings is 1. The maximum atomic E-state index is 13.1. The number of amides is 1. The molecule has 8 heteroatoms. The molecule has 0 N–H and O–H groups in total. The summed E-state index contributed by atoms with van der Waals surface area (Å²) < 4.78 is 4.67. The number of benzene rings is 1. The summed E-state index contributed by atoms with van der Waals surface area (Å²) in [6.07, 6.45) is 6.93. The van der Waals surface area contributed by atoms with Crippen molar-refractivity contribution < 1.29 is 14.3 Å². The topological polar surface area (TPSA) is 88.0 Å². The Morgan fingerprint density at radius 1 is 1.07 bits per heavy atom. The van der Waals surface area contributed by atoms with Crippen molar-refractivity contribution in [2.45, 2.75) is 25.3 Å². The molecule has 2 aromatic rings. The van der Waals surface area contributed by atoms with Gasteiger partial charge in [0.15, 0.2) is 0 Å². The van der Waals surface area contributed by atoms with Gasteiger partial charge in [-0.25, -0.2) is 19.8 Å². The Morgan fingerprint density at radius 2 is 1.76 bits per heavy atom. The van der Waals surface area contributed by atoms with Gasteiger partial charge in [0.05, 0.1) is 18.7 Å². The first-order valence-corrected chi connectivity index (χ1v) is 9.73. The van der Waals surface area contributed by atoms with E-state index in [4.69, 9.17) is 0 Å². The van der Waals surface area contributed by atoms with Crippen LogP contribution in [0.1, 0.15) is 41.2 Å². The normalized spacial score (nSPS) is 19.4. The zero-order valence-corrected chi connectivity index (χ0v) is 16.3. The average molecular weight is 393 g/mol. The van der Waals surface area contributed by atoms with Gasteiger partial charge in [-0.15, -0.1) is 0 Å². The van der Waals surface area contributed by atoms with Crippen molar-refractivity contribution in [3.05, 3.63) is 53.9 Å². The molecule has 4 rings (SSSR count). The van der Waals surface area contributed by atoms with Crippen molar-refractivity contribution in [3.8, 4) is 0 Å². The van der Waals surface area contributed by atoms with E-state index in [1.165, 1.54) is 19.5 Å². The van der Waals surface area contributed by atoms with Crippen LogP contribution in [-0.2, 0) is 9.53 Å². The molecule has 1 aromatic heterocycles. The van der Waals surface area contributed by atoms with Gasteiger partial charge in [0.25, 0.3) is 0 Å². The Bertz CT molecular complexity index is 892. The van der Waals surface area contributed by atoms with Crippen LogP contribution < -0.4 is 4.90 Å². The number of hydrogen-bond acceptors (Lipinski definition) is 7. The Hall–Kier alpha value is -3.29. The van der Waals surface area contributed by atoms with Crippen LogP contribution in [0.4, 0.5) is 5.95 Å². The molecular formula is C21H23N5O3. The summed E-state index contributed by atoms with van der Waals surface area (Å²) in [6.45, 7) is 1.36. The van der Waals surface area contributed by atoms with Crippen LogP contribution in [0.25, 0.3) is 0 Å². The highest BCUT2D eigenvalue weighted by molar-refractivity contribution is 5.88. The van der Waals surface area contributed by atoms with Crippen LogP contribution in [-0.4, -0.2) is 53.3 Å². The Balaban J connectivity index is 1.37. The first-order chi connectivity index (χ1) is 14.2. The third-order valence-corrected chi connectivity index (χ3v) is 5.43. The van der Waals surface area contributed by atoms with Gasteiger partial charge in [0.1, 0.15) is 0 Å². The molecule has 0 spiro atoms. The van der Waals surface area contributed by atoms with Crippen molar-refractivity contribution in [1.29, 1.82) is 0 Å². The second-order valence-corrected chi connectivity index (χ2v) is 7.17. The van der Waals surface area contributed by atoms with Crippen molar-refractivity contribution in [2.75, 3.05) is 25.1 Å². The zero-order valence-electron chi connectivity index (χ0n) is 16.3. The van der Waals surface area contributed by atoms with Crippen LogP contribution in [0.5, 0.6) is 0 Å². The van der Waals surface area contributed by atoms with Crippen molar-refractivity contribution in [1.82, 2.24) is 15.0 Å². The highest BCUT2D eigenvalue weighted by Crippen LogP contribution is 2.32. The van der Waals surface area contributed by atoms with E-state index >= 15 is 0 Å². The Labute approximate surface area is 169 Å². The average Bonchev–Trinajstić information content (AvgIpc) is 3.29. The molecule has 150 valence electrons. The first-order valence-electron chi connectivity index (χ1n) is 9.73. The molecule has 1 amide bonds. The molecule has 3 heterocycles. The van der Waals surface area contributed by atoms with Gasteiger partial charge < -0.3 is 9.64 Å². The van der Waals surface area contributed by atoms with E-state index in [1.54, 1.807) is 5.01 Å². The molecule has 0 aliphatic carbocycles. The fraction of sp³-hybridized carbons (Fsp3) is 0.381. The lowest BCUT2D eigenvalue weighted by Gasteiger charge is -2.33. The molecule has 0 unspecified atom stereocenters.